The first kappa shape index (κ1) is 12.6. The summed E-state index contributed by atoms with van der Waals surface area (Å²) in [5, 5.41) is 5.97. The number of hydrogen-bond donors (Lipinski definition) is 2. The van der Waals surface area contributed by atoms with Crippen molar-refractivity contribution in [2.75, 3.05) is 0 Å². The first-order valence-corrected chi connectivity index (χ1v) is 7.25. The van der Waals surface area contributed by atoms with Crippen molar-refractivity contribution in [1.82, 2.24) is 15.2 Å². The highest BCUT2D eigenvalue weighted by Gasteiger charge is 2.33. The van der Waals surface area contributed by atoms with Crippen LogP contribution in [0, 0.1) is 24.5 Å². The molecular weight excluding hydrogens is 254 g/mol. The lowest BCUT2D eigenvalue weighted by atomic mass is 9.87. The van der Waals surface area contributed by atoms with Gasteiger partial charge in [0, 0.05) is 6.42 Å². The molecule has 1 aromatic heterocycles. The van der Waals surface area contributed by atoms with E-state index in [1.54, 1.807) is 0 Å². The van der Waals surface area contributed by atoms with Crippen LogP contribution in [0.15, 0.2) is 18.2 Å². The van der Waals surface area contributed by atoms with Gasteiger partial charge in [-0.15, -0.1) is 0 Å². The van der Waals surface area contributed by atoms with Gasteiger partial charge >= 0.3 is 0 Å². The monoisotopic (exact) mass is 273 g/mol. The topological polar surface area (TPSA) is 44.5 Å². The van der Waals surface area contributed by atoms with Gasteiger partial charge in [-0.05, 0) is 61.9 Å². The standard InChI is InChI=1S/C15H19N3S/c1-9-3-6-12(10(2)7-9)13(11-4-5-11)8-14-16-15(19)18-17-14/h3,6-7,11,13H,4-5,8H2,1-2H3,(H2,16,17,18,19). The lowest BCUT2D eigenvalue weighted by Crippen LogP contribution is -2.08. The molecule has 1 heterocycles. The normalized spacial score (nSPS) is 16.5. The molecule has 1 unspecified atom stereocenters. The second-order valence-corrected chi connectivity index (χ2v) is 6.01. The van der Waals surface area contributed by atoms with Gasteiger partial charge in [0.1, 0.15) is 5.82 Å². The van der Waals surface area contributed by atoms with E-state index in [9.17, 15) is 0 Å². The van der Waals surface area contributed by atoms with E-state index < -0.39 is 0 Å². The Kier molecular flexibility index (Phi) is 3.27. The van der Waals surface area contributed by atoms with Crippen LogP contribution in [0.1, 0.15) is 41.3 Å². The molecule has 2 aromatic rings. The van der Waals surface area contributed by atoms with Crippen LogP contribution in [0.3, 0.4) is 0 Å². The second kappa shape index (κ2) is 4.93. The van der Waals surface area contributed by atoms with Crippen LogP contribution in [0.4, 0.5) is 0 Å². The minimum atomic E-state index is 0.546. The van der Waals surface area contributed by atoms with E-state index in [2.05, 4.69) is 47.2 Å². The first-order chi connectivity index (χ1) is 9.13. The highest BCUT2D eigenvalue weighted by molar-refractivity contribution is 7.71. The summed E-state index contributed by atoms with van der Waals surface area (Å²) >= 11 is 5.03. The number of aryl methyl sites for hydroxylation is 2. The number of nitrogens with one attached hydrogen (secondary N) is 2. The van der Waals surface area contributed by atoms with E-state index in [4.69, 9.17) is 12.2 Å². The molecule has 19 heavy (non-hydrogen) atoms. The average Bonchev–Trinajstić information content (AvgIpc) is 3.11. The quantitative estimate of drug-likeness (QED) is 0.832. The predicted molar refractivity (Wildman–Crippen MR) is 78.9 cm³/mol. The Morgan fingerprint density at radius 1 is 1.32 bits per heavy atom. The lowest BCUT2D eigenvalue weighted by Gasteiger charge is -2.18. The second-order valence-electron chi connectivity index (χ2n) is 5.62. The zero-order valence-electron chi connectivity index (χ0n) is 11.4. The Bertz CT molecular complexity index is 637. The molecule has 2 N–H and O–H groups in total. The van der Waals surface area contributed by atoms with Gasteiger partial charge in [0.2, 0.25) is 4.77 Å². The molecule has 1 atom stereocenters. The van der Waals surface area contributed by atoms with Crippen LogP contribution in [0.5, 0.6) is 0 Å². The molecule has 1 aliphatic carbocycles. The Hall–Kier alpha value is -1.42. The van der Waals surface area contributed by atoms with Crippen molar-refractivity contribution >= 4 is 12.2 Å². The van der Waals surface area contributed by atoms with E-state index in [1.165, 1.54) is 29.5 Å². The SMILES string of the molecule is Cc1ccc(C(Cc2nc(=S)[nH][nH]2)C2CC2)c(C)c1. The Labute approximate surface area is 118 Å². The van der Waals surface area contributed by atoms with Gasteiger partial charge in [0.25, 0.3) is 0 Å². The summed E-state index contributed by atoms with van der Waals surface area (Å²) in [6.07, 6.45) is 3.62. The summed E-state index contributed by atoms with van der Waals surface area (Å²) in [4.78, 5) is 4.34. The van der Waals surface area contributed by atoms with Crippen LogP contribution < -0.4 is 0 Å². The largest absolute Gasteiger partial charge is 0.286 e. The van der Waals surface area contributed by atoms with Crippen molar-refractivity contribution in [1.29, 1.82) is 0 Å². The highest BCUT2D eigenvalue weighted by Crippen LogP contribution is 2.44. The number of benzene rings is 1. The summed E-state index contributed by atoms with van der Waals surface area (Å²) < 4.78 is 0.546. The van der Waals surface area contributed by atoms with Gasteiger partial charge in [-0.3, -0.25) is 10.2 Å². The van der Waals surface area contributed by atoms with Crippen LogP contribution in [0.2, 0.25) is 0 Å². The van der Waals surface area contributed by atoms with E-state index in [-0.39, 0.29) is 0 Å². The maximum Gasteiger partial charge on any atom is 0.213 e. The fourth-order valence-corrected chi connectivity index (χ4v) is 3.04. The zero-order valence-corrected chi connectivity index (χ0v) is 12.2. The minimum Gasteiger partial charge on any atom is -0.286 e. The van der Waals surface area contributed by atoms with Crippen molar-refractivity contribution in [3.63, 3.8) is 0 Å². The Morgan fingerprint density at radius 3 is 2.68 bits per heavy atom. The van der Waals surface area contributed by atoms with Crippen LogP contribution in [0.25, 0.3) is 0 Å². The molecule has 3 nitrogen and oxygen atoms in total. The predicted octanol–water partition coefficient (Wildman–Crippen LogP) is 3.82. The summed E-state index contributed by atoms with van der Waals surface area (Å²) in [7, 11) is 0. The molecule has 1 saturated carbocycles. The molecular formula is C15H19N3S. The van der Waals surface area contributed by atoms with Crippen molar-refractivity contribution in [3.8, 4) is 0 Å². The Morgan fingerprint density at radius 2 is 2.11 bits per heavy atom. The molecule has 1 aliphatic rings. The molecule has 1 aromatic carbocycles. The maximum absolute atomic E-state index is 5.03. The maximum atomic E-state index is 5.03. The molecule has 4 heteroatoms. The molecule has 0 spiro atoms. The number of H-pyrrole nitrogens is 2. The van der Waals surface area contributed by atoms with Gasteiger partial charge in [-0.1, -0.05) is 23.8 Å². The van der Waals surface area contributed by atoms with Crippen LogP contribution in [-0.2, 0) is 6.42 Å². The van der Waals surface area contributed by atoms with E-state index in [1.807, 2.05) is 0 Å². The molecule has 0 amide bonds. The molecule has 100 valence electrons. The fourth-order valence-electron chi connectivity index (χ4n) is 2.88. The summed E-state index contributed by atoms with van der Waals surface area (Å²) in [6, 6.07) is 6.77. The van der Waals surface area contributed by atoms with Crippen molar-refractivity contribution < 1.29 is 0 Å². The molecule has 0 bridgehead atoms. The average molecular weight is 273 g/mol. The number of aromatic nitrogens is 3. The molecule has 0 radical (unpaired) electrons. The van der Waals surface area contributed by atoms with E-state index >= 15 is 0 Å². The summed E-state index contributed by atoms with van der Waals surface area (Å²) in [5.74, 6) is 2.34. The third-order valence-corrected chi connectivity index (χ3v) is 4.17. The summed E-state index contributed by atoms with van der Waals surface area (Å²) in [5.41, 5.74) is 4.19. The van der Waals surface area contributed by atoms with Crippen molar-refractivity contribution in [3.05, 3.63) is 45.5 Å². The van der Waals surface area contributed by atoms with Gasteiger partial charge < -0.3 is 0 Å². The minimum absolute atomic E-state index is 0.546. The van der Waals surface area contributed by atoms with Gasteiger partial charge in [-0.25, -0.2) is 4.98 Å². The van der Waals surface area contributed by atoms with Crippen molar-refractivity contribution in [2.45, 2.75) is 39.0 Å². The van der Waals surface area contributed by atoms with E-state index in [0.29, 0.717) is 10.7 Å². The highest BCUT2D eigenvalue weighted by atomic mass is 32.1. The smallest absolute Gasteiger partial charge is 0.213 e. The number of aromatic amines is 2. The number of nitrogens with zero attached hydrogens (tertiary/aromatic N) is 1. The fraction of sp³-hybridized carbons (Fsp3) is 0.467. The van der Waals surface area contributed by atoms with Gasteiger partial charge in [-0.2, -0.15) is 0 Å². The third-order valence-electron chi connectivity index (χ3n) is 3.98. The number of rotatable bonds is 4. The van der Waals surface area contributed by atoms with Crippen LogP contribution >= 0.6 is 12.2 Å². The molecule has 1 fully saturated rings. The first-order valence-electron chi connectivity index (χ1n) is 6.84. The lowest BCUT2D eigenvalue weighted by molar-refractivity contribution is 0.582. The van der Waals surface area contributed by atoms with E-state index in [0.717, 1.165) is 18.2 Å². The number of hydrogen-bond acceptors (Lipinski definition) is 2. The zero-order chi connectivity index (χ0) is 13.4. The summed E-state index contributed by atoms with van der Waals surface area (Å²) in [6.45, 7) is 4.36. The molecule has 3 rings (SSSR count). The molecule has 0 aliphatic heterocycles. The Balaban J connectivity index is 1.90. The van der Waals surface area contributed by atoms with Gasteiger partial charge in [0.15, 0.2) is 0 Å². The molecule has 0 saturated heterocycles. The third kappa shape index (κ3) is 2.78. The van der Waals surface area contributed by atoms with Crippen LogP contribution in [-0.4, -0.2) is 15.2 Å². The van der Waals surface area contributed by atoms with Gasteiger partial charge in [0.05, 0.1) is 0 Å². The van der Waals surface area contributed by atoms with Crippen molar-refractivity contribution in [2.24, 2.45) is 5.92 Å².